The highest BCUT2D eigenvalue weighted by Crippen LogP contribution is 2.29. The molecular weight excluding hydrogens is 320 g/mol. The van der Waals surface area contributed by atoms with Crippen molar-refractivity contribution >= 4 is 15.9 Å². The summed E-state index contributed by atoms with van der Waals surface area (Å²) in [6.07, 6.45) is -0.566. The van der Waals surface area contributed by atoms with Gasteiger partial charge in [-0.1, -0.05) is 34.1 Å². The lowest BCUT2D eigenvalue weighted by Gasteiger charge is -2.14. The van der Waals surface area contributed by atoms with Crippen molar-refractivity contribution < 1.29 is 14.6 Å². The van der Waals surface area contributed by atoms with Crippen LogP contribution in [0.3, 0.4) is 0 Å². The molecule has 2 aromatic rings. The summed E-state index contributed by atoms with van der Waals surface area (Å²) in [5, 5.41) is 9.76. The zero-order valence-corrected chi connectivity index (χ0v) is 13.1. The Morgan fingerprint density at radius 3 is 2.70 bits per heavy atom. The van der Waals surface area contributed by atoms with Crippen LogP contribution in [0.5, 0.6) is 11.5 Å². The van der Waals surface area contributed by atoms with Crippen LogP contribution in [-0.2, 0) is 6.61 Å². The molecule has 4 heteroatoms. The first-order valence-corrected chi connectivity index (χ1v) is 7.12. The summed E-state index contributed by atoms with van der Waals surface area (Å²) in [5.41, 5.74) is 1.79. The number of hydrogen-bond donors (Lipinski definition) is 1. The quantitative estimate of drug-likeness (QED) is 0.893. The van der Waals surface area contributed by atoms with Crippen molar-refractivity contribution in [1.29, 1.82) is 0 Å². The van der Waals surface area contributed by atoms with Gasteiger partial charge >= 0.3 is 0 Å². The van der Waals surface area contributed by atoms with Crippen LogP contribution in [0.2, 0.25) is 0 Å². The molecule has 0 saturated heterocycles. The summed E-state index contributed by atoms with van der Waals surface area (Å²) in [5.74, 6) is 1.48. The largest absolute Gasteiger partial charge is 0.497 e. The number of ether oxygens (including phenoxy) is 2. The minimum atomic E-state index is -0.566. The zero-order valence-electron chi connectivity index (χ0n) is 11.5. The van der Waals surface area contributed by atoms with Gasteiger partial charge in [0.2, 0.25) is 0 Å². The molecule has 1 N–H and O–H groups in total. The fourth-order valence-corrected chi connectivity index (χ4v) is 2.24. The van der Waals surface area contributed by atoms with Crippen molar-refractivity contribution in [1.82, 2.24) is 0 Å². The maximum atomic E-state index is 9.76. The van der Waals surface area contributed by atoms with E-state index in [1.807, 2.05) is 42.5 Å². The zero-order chi connectivity index (χ0) is 14.5. The number of benzene rings is 2. The van der Waals surface area contributed by atoms with E-state index in [4.69, 9.17) is 9.47 Å². The van der Waals surface area contributed by atoms with Crippen LogP contribution < -0.4 is 9.47 Å². The Balaban J connectivity index is 2.15. The number of hydrogen-bond acceptors (Lipinski definition) is 3. The smallest absolute Gasteiger partial charge is 0.126 e. The van der Waals surface area contributed by atoms with Gasteiger partial charge in [0.25, 0.3) is 0 Å². The molecule has 0 aliphatic carbocycles. The third kappa shape index (κ3) is 3.74. The second kappa shape index (κ2) is 6.77. The Morgan fingerprint density at radius 1 is 1.20 bits per heavy atom. The normalized spacial score (nSPS) is 12.0. The highest BCUT2D eigenvalue weighted by atomic mass is 79.9. The molecule has 3 nitrogen and oxygen atoms in total. The first-order valence-electron chi connectivity index (χ1n) is 6.33. The van der Waals surface area contributed by atoms with Crippen molar-refractivity contribution in [3.8, 4) is 11.5 Å². The first-order chi connectivity index (χ1) is 9.60. The van der Waals surface area contributed by atoms with Gasteiger partial charge in [0.15, 0.2) is 0 Å². The first kappa shape index (κ1) is 14.9. The lowest BCUT2D eigenvalue weighted by molar-refractivity contribution is 0.190. The summed E-state index contributed by atoms with van der Waals surface area (Å²) in [7, 11) is 1.64. The Morgan fingerprint density at radius 2 is 2.00 bits per heavy atom. The molecule has 0 aliphatic heterocycles. The lowest BCUT2D eigenvalue weighted by Crippen LogP contribution is -2.01. The maximum Gasteiger partial charge on any atom is 0.126 e. The third-order valence-corrected chi connectivity index (χ3v) is 3.45. The van der Waals surface area contributed by atoms with Crippen LogP contribution in [-0.4, -0.2) is 12.2 Å². The van der Waals surface area contributed by atoms with Gasteiger partial charge in [0.05, 0.1) is 13.2 Å². The van der Waals surface area contributed by atoms with Crippen molar-refractivity contribution in [3.63, 3.8) is 0 Å². The molecule has 0 aromatic heterocycles. The van der Waals surface area contributed by atoms with Crippen molar-refractivity contribution in [2.75, 3.05) is 7.11 Å². The van der Waals surface area contributed by atoms with Gasteiger partial charge in [-0.15, -0.1) is 0 Å². The van der Waals surface area contributed by atoms with E-state index >= 15 is 0 Å². The average molecular weight is 337 g/mol. The van der Waals surface area contributed by atoms with Gasteiger partial charge in [0.1, 0.15) is 18.1 Å². The summed E-state index contributed by atoms with van der Waals surface area (Å²) in [4.78, 5) is 0. The van der Waals surface area contributed by atoms with E-state index in [0.717, 1.165) is 21.3 Å². The molecule has 2 rings (SSSR count). The van der Waals surface area contributed by atoms with E-state index in [2.05, 4.69) is 15.9 Å². The molecule has 0 bridgehead atoms. The molecule has 1 atom stereocenters. The second-order valence-corrected chi connectivity index (χ2v) is 5.41. The van der Waals surface area contributed by atoms with E-state index in [0.29, 0.717) is 12.4 Å². The average Bonchev–Trinajstić information content (AvgIpc) is 2.45. The monoisotopic (exact) mass is 336 g/mol. The summed E-state index contributed by atoms with van der Waals surface area (Å²) in [6, 6.07) is 13.3. The summed E-state index contributed by atoms with van der Waals surface area (Å²) < 4.78 is 11.9. The molecule has 0 heterocycles. The van der Waals surface area contributed by atoms with Crippen molar-refractivity contribution in [3.05, 3.63) is 58.1 Å². The molecule has 106 valence electrons. The molecule has 0 saturated carbocycles. The molecule has 0 radical (unpaired) electrons. The Bertz CT molecular complexity index is 582. The van der Waals surface area contributed by atoms with Gasteiger partial charge in [-0.2, -0.15) is 0 Å². The molecule has 0 spiro atoms. The molecule has 0 aliphatic rings. The topological polar surface area (TPSA) is 38.7 Å². The highest BCUT2D eigenvalue weighted by molar-refractivity contribution is 9.10. The Kier molecular flexibility index (Phi) is 5.04. The number of rotatable bonds is 5. The van der Waals surface area contributed by atoms with Gasteiger partial charge < -0.3 is 14.6 Å². The molecule has 20 heavy (non-hydrogen) atoms. The fourth-order valence-electron chi connectivity index (χ4n) is 1.90. The molecule has 0 unspecified atom stereocenters. The minimum absolute atomic E-state index is 0.424. The maximum absolute atomic E-state index is 9.76. The Hall–Kier alpha value is -1.52. The SMILES string of the molecule is COc1cccc(COc2cc(Br)ccc2[C@H](C)O)c1. The number of halogens is 1. The van der Waals surface area contributed by atoms with E-state index in [-0.39, 0.29) is 0 Å². The predicted octanol–water partition coefficient (Wildman–Crippen LogP) is 4.09. The fraction of sp³-hybridized carbons (Fsp3) is 0.250. The minimum Gasteiger partial charge on any atom is -0.497 e. The van der Waals surface area contributed by atoms with E-state index in [1.165, 1.54) is 0 Å². The van der Waals surface area contributed by atoms with Crippen molar-refractivity contribution in [2.45, 2.75) is 19.6 Å². The van der Waals surface area contributed by atoms with Crippen LogP contribution in [0.25, 0.3) is 0 Å². The van der Waals surface area contributed by atoms with Crippen LogP contribution in [0.1, 0.15) is 24.2 Å². The number of methoxy groups -OCH3 is 1. The van der Waals surface area contributed by atoms with Gasteiger partial charge in [0, 0.05) is 10.0 Å². The van der Waals surface area contributed by atoms with Crippen LogP contribution >= 0.6 is 15.9 Å². The molecule has 0 amide bonds. The van der Waals surface area contributed by atoms with E-state index in [1.54, 1.807) is 14.0 Å². The standard InChI is InChI=1S/C16H17BrO3/c1-11(18)15-7-6-13(17)9-16(15)20-10-12-4-3-5-14(8-12)19-2/h3-9,11,18H,10H2,1-2H3/t11-/m0/s1. The van der Waals surface area contributed by atoms with E-state index in [9.17, 15) is 5.11 Å². The van der Waals surface area contributed by atoms with Crippen LogP contribution in [0.15, 0.2) is 46.9 Å². The number of aliphatic hydroxyl groups excluding tert-OH is 1. The van der Waals surface area contributed by atoms with Crippen molar-refractivity contribution in [2.24, 2.45) is 0 Å². The molecule has 0 fully saturated rings. The lowest BCUT2D eigenvalue weighted by atomic mass is 10.1. The van der Waals surface area contributed by atoms with E-state index < -0.39 is 6.10 Å². The molecule has 2 aromatic carbocycles. The van der Waals surface area contributed by atoms with Gasteiger partial charge in [-0.05, 0) is 36.8 Å². The summed E-state index contributed by atoms with van der Waals surface area (Å²) >= 11 is 3.41. The summed E-state index contributed by atoms with van der Waals surface area (Å²) in [6.45, 7) is 2.15. The van der Waals surface area contributed by atoms with Gasteiger partial charge in [-0.3, -0.25) is 0 Å². The molecular formula is C16H17BrO3. The van der Waals surface area contributed by atoms with Crippen LogP contribution in [0.4, 0.5) is 0 Å². The second-order valence-electron chi connectivity index (χ2n) is 4.50. The van der Waals surface area contributed by atoms with Gasteiger partial charge in [-0.25, -0.2) is 0 Å². The highest BCUT2D eigenvalue weighted by Gasteiger charge is 2.10. The number of aliphatic hydroxyl groups is 1. The Labute approximate surface area is 127 Å². The van der Waals surface area contributed by atoms with Crippen LogP contribution in [0, 0.1) is 0 Å². The predicted molar refractivity (Wildman–Crippen MR) is 82.1 cm³/mol. The third-order valence-electron chi connectivity index (χ3n) is 2.95.